The number of para-hydroxylation sites is 1. The van der Waals surface area contributed by atoms with Gasteiger partial charge in [-0.2, -0.15) is 0 Å². The van der Waals surface area contributed by atoms with Crippen LogP contribution in [0.2, 0.25) is 0 Å². The van der Waals surface area contributed by atoms with E-state index in [0.717, 1.165) is 12.1 Å². The van der Waals surface area contributed by atoms with Crippen LogP contribution < -0.4 is 10.1 Å². The van der Waals surface area contributed by atoms with E-state index in [1.165, 1.54) is 7.11 Å². The molecule has 0 amide bonds. The van der Waals surface area contributed by atoms with Crippen molar-refractivity contribution in [3.05, 3.63) is 29.8 Å². The molecule has 0 saturated heterocycles. The highest BCUT2D eigenvalue weighted by Crippen LogP contribution is 2.24. The highest BCUT2D eigenvalue weighted by molar-refractivity contribution is 5.70. The molecule has 1 unspecified atom stereocenters. The Morgan fingerprint density at radius 1 is 1.41 bits per heavy atom. The van der Waals surface area contributed by atoms with Crippen LogP contribution in [0, 0.1) is 0 Å². The zero-order valence-corrected chi connectivity index (χ0v) is 10.5. The maximum atomic E-state index is 11.0. The van der Waals surface area contributed by atoms with Gasteiger partial charge in [0, 0.05) is 11.6 Å². The van der Waals surface area contributed by atoms with Crippen molar-refractivity contribution in [1.29, 1.82) is 0 Å². The van der Waals surface area contributed by atoms with E-state index in [4.69, 9.17) is 4.74 Å². The fourth-order valence-electron chi connectivity index (χ4n) is 1.58. The van der Waals surface area contributed by atoms with Gasteiger partial charge in [0.15, 0.2) is 6.61 Å². The van der Waals surface area contributed by atoms with Crippen LogP contribution in [0.1, 0.15) is 25.5 Å². The Kier molecular flexibility index (Phi) is 5.49. The summed E-state index contributed by atoms with van der Waals surface area (Å²) < 4.78 is 9.98. The lowest BCUT2D eigenvalue weighted by Crippen LogP contribution is -2.19. The fourth-order valence-corrected chi connectivity index (χ4v) is 1.58. The van der Waals surface area contributed by atoms with Gasteiger partial charge in [-0.25, -0.2) is 4.79 Å². The minimum atomic E-state index is -0.379. The van der Waals surface area contributed by atoms with E-state index in [2.05, 4.69) is 23.9 Å². The molecule has 0 fully saturated rings. The summed E-state index contributed by atoms with van der Waals surface area (Å²) in [6, 6.07) is 7.86. The number of hydrogen-bond acceptors (Lipinski definition) is 4. The number of carbonyl (C=O) groups excluding carboxylic acids is 1. The molecule has 0 heterocycles. The lowest BCUT2D eigenvalue weighted by atomic mass is 10.1. The molecule has 0 bridgehead atoms. The Balaban J connectivity index is 2.73. The Bertz CT molecular complexity index is 365. The SMILES string of the molecule is CCNC(C)c1ccccc1OCC(=O)OC. The fraction of sp³-hybridized carbons (Fsp3) is 0.462. The third kappa shape index (κ3) is 4.07. The lowest BCUT2D eigenvalue weighted by Gasteiger charge is -2.17. The molecule has 0 spiro atoms. The lowest BCUT2D eigenvalue weighted by molar-refractivity contribution is -0.142. The van der Waals surface area contributed by atoms with Crippen molar-refractivity contribution < 1.29 is 14.3 Å². The molecule has 0 aliphatic heterocycles. The van der Waals surface area contributed by atoms with Gasteiger partial charge in [0.1, 0.15) is 5.75 Å². The number of rotatable bonds is 6. The summed E-state index contributed by atoms with van der Waals surface area (Å²) in [4.78, 5) is 11.0. The highest BCUT2D eigenvalue weighted by atomic mass is 16.6. The maximum absolute atomic E-state index is 11.0. The quantitative estimate of drug-likeness (QED) is 0.768. The van der Waals surface area contributed by atoms with Crippen LogP contribution >= 0.6 is 0 Å². The summed E-state index contributed by atoms with van der Waals surface area (Å²) >= 11 is 0. The molecule has 1 rings (SSSR count). The largest absolute Gasteiger partial charge is 0.482 e. The highest BCUT2D eigenvalue weighted by Gasteiger charge is 2.11. The van der Waals surface area contributed by atoms with Crippen LogP contribution in [-0.4, -0.2) is 26.2 Å². The monoisotopic (exact) mass is 237 g/mol. The minimum absolute atomic E-state index is 0.0631. The predicted molar refractivity (Wildman–Crippen MR) is 66.0 cm³/mol. The Morgan fingerprint density at radius 2 is 2.12 bits per heavy atom. The number of esters is 1. The van der Waals surface area contributed by atoms with Crippen molar-refractivity contribution in [3.63, 3.8) is 0 Å². The number of ether oxygens (including phenoxy) is 2. The van der Waals surface area contributed by atoms with Crippen molar-refractivity contribution >= 4 is 5.97 Å². The summed E-state index contributed by atoms with van der Waals surface area (Å²) in [6.45, 7) is 4.93. The van der Waals surface area contributed by atoms with Gasteiger partial charge < -0.3 is 14.8 Å². The zero-order chi connectivity index (χ0) is 12.7. The van der Waals surface area contributed by atoms with Crippen LogP contribution in [0.15, 0.2) is 24.3 Å². The van der Waals surface area contributed by atoms with Crippen LogP contribution in [0.4, 0.5) is 0 Å². The molecular formula is C13H19NO3. The van der Waals surface area contributed by atoms with E-state index in [9.17, 15) is 4.79 Å². The van der Waals surface area contributed by atoms with E-state index in [-0.39, 0.29) is 18.6 Å². The molecule has 0 aromatic heterocycles. The molecule has 0 radical (unpaired) electrons. The van der Waals surface area contributed by atoms with Gasteiger partial charge in [0.05, 0.1) is 7.11 Å². The van der Waals surface area contributed by atoms with Gasteiger partial charge in [-0.15, -0.1) is 0 Å². The Labute approximate surface area is 102 Å². The first-order chi connectivity index (χ1) is 8.19. The topological polar surface area (TPSA) is 47.6 Å². The van der Waals surface area contributed by atoms with Crippen LogP contribution in [0.3, 0.4) is 0 Å². The standard InChI is InChI=1S/C13H19NO3/c1-4-14-10(2)11-7-5-6-8-12(11)17-9-13(15)16-3/h5-8,10,14H,4,9H2,1-3H3. The van der Waals surface area contributed by atoms with Crippen molar-refractivity contribution in [2.24, 2.45) is 0 Å². The molecule has 1 atom stereocenters. The second-order valence-electron chi connectivity index (χ2n) is 3.68. The second-order valence-corrected chi connectivity index (χ2v) is 3.68. The molecule has 1 aromatic carbocycles. The number of methoxy groups -OCH3 is 1. The molecule has 1 N–H and O–H groups in total. The molecule has 0 saturated carbocycles. The summed E-state index contributed by atoms with van der Waals surface area (Å²) in [5.41, 5.74) is 1.04. The van der Waals surface area contributed by atoms with Crippen molar-refractivity contribution in [1.82, 2.24) is 5.32 Å². The van der Waals surface area contributed by atoms with Crippen molar-refractivity contribution in [2.75, 3.05) is 20.3 Å². The van der Waals surface area contributed by atoms with Crippen LogP contribution in [-0.2, 0) is 9.53 Å². The Morgan fingerprint density at radius 3 is 2.76 bits per heavy atom. The van der Waals surface area contributed by atoms with E-state index in [0.29, 0.717) is 5.75 Å². The minimum Gasteiger partial charge on any atom is -0.482 e. The van der Waals surface area contributed by atoms with Crippen molar-refractivity contribution in [3.8, 4) is 5.75 Å². The molecule has 4 heteroatoms. The normalized spacial score (nSPS) is 11.9. The van der Waals surface area contributed by atoms with Crippen LogP contribution in [0.25, 0.3) is 0 Å². The molecule has 0 aliphatic carbocycles. The van der Waals surface area contributed by atoms with Gasteiger partial charge >= 0.3 is 5.97 Å². The maximum Gasteiger partial charge on any atom is 0.343 e. The third-order valence-electron chi connectivity index (χ3n) is 2.47. The zero-order valence-electron chi connectivity index (χ0n) is 10.5. The van der Waals surface area contributed by atoms with Gasteiger partial charge in [-0.05, 0) is 19.5 Å². The third-order valence-corrected chi connectivity index (χ3v) is 2.47. The summed E-state index contributed by atoms with van der Waals surface area (Å²) in [5, 5.41) is 3.31. The molecule has 17 heavy (non-hydrogen) atoms. The molecule has 4 nitrogen and oxygen atoms in total. The van der Waals surface area contributed by atoms with Gasteiger partial charge in [-0.1, -0.05) is 25.1 Å². The number of nitrogens with one attached hydrogen (secondary N) is 1. The molecule has 0 aliphatic rings. The molecule has 1 aromatic rings. The first-order valence-corrected chi connectivity index (χ1v) is 5.71. The second kappa shape index (κ2) is 6.91. The van der Waals surface area contributed by atoms with Gasteiger partial charge in [-0.3, -0.25) is 0 Å². The number of benzene rings is 1. The summed E-state index contributed by atoms with van der Waals surface area (Å²) in [7, 11) is 1.35. The Hall–Kier alpha value is -1.55. The van der Waals surface area contributed by atoms with E-state index in [1.807, 2.05) is 24.3 Å². The first-order valence-electron chi connectivity index (χ1n) is 5.71. The predicted octanol–water partition coefficient (Wildman–Crippen LogP) is 1.91. The number of hydrogen-bond donors (Lipinski definition) is 1. The van der Waals surface area contributed by atoms with E-state index >= 15 is 0 Å². The molecular weight excluding hydrogens is 218 g/mol. The molecule has 94 valence electrons. The van der Waals surface area contributed by atoms with E-state index in [1.54, 1.807) is 0 Å². The van der Waals surface area contributed by atoms with Crippen molar-refractivity contribution in [2.45, 2.75) is 19.9 Å². The smallest absolute Gasteiger partial charge is 0.343 e. The number of carbonyl (C=O) groups is 1. The van der Waals surface area contributed by atoms with E-state index < -0.39 is 0 Å². The average molecular weight is 237 g/mol. The first kappa shape index (κ1) is 13.5. The van der Waals surface area contributed by atoms with Gasteiger partial charge in [0.2, 0.25) is 0 Å². The van der Waals surface area contributed by atoms with Crippen LogP contribution in [0.5, 0.6) is 5.75 Å². The van der Waals surface area contributed by atoms with Gasteiger partial charge in [0.25, 0.3) is 0 Å². The summed E-state index contributed by atoms with van der Waals surface area (Å²) in [6.07, 6.45) is 0. The average Bonchev–Trinajstić information content (AvgIpc) is 2.36. The summed E-state index contributed by atoms with van der Waals surface area (Å²) in [5.74, 6) is 0.335.